The Morgan fingerprint density at radius 2 is 1.56 bits per heavy atom. The number of rotatable bonds is 5. The van der Waals surface area contributed by atoms with Gasteiger partial charge in [-0.05, 0) is 58.9 Å². The highest BCUT2D eigenvalue weighted by molar-refractivity contribution is 5.88. The number of hydrogen-bond acceptors (Lipinski definition) is 3. The summed E-state index contributed by atoms with van der Waals surface area (Å²) in [7, 11) is 3.33. The lowest BCUT2D eigenvalue weighted by Gasteiger charge is -2.15. The first-order valence-corrected chi connectivity index (χ1v) is 9.01. The zero-order chi connectivity index (χ0) is 18.8. The number of para-hydroxylation sites is 1. The van der Waals surface area contributed by atoms with Crippen molar-refractivity contribution < 1.29 is 14.6 Å². The normalized spacial score (nSPS) is 12.4. The molecule has 0 unspecified atom stereocenters. The molecule has 136 valence electrons. The number of phenolic OH excluding ortho intramolecular Hbond substituents is 1. The Morgan fingerprint density at radius 3 is 2.26 bits per heavy atom. The molecule has 1 aliphatic carbocycles. The molecule has 0 aliphatic heterocycles. The summed E-state index contributed by atoms with van der Waals surface area (Å²) in [6.07, 6.45) is 3.97. The summed E-state index contributed by atoms with van der Waals surface area (Å²) in [5.74, 6) is 1.88. The minimum absolute atomic E-state index is 0.306. The largest absolute Gasteiger partial charge is 0.507 e. The van der Waals surface area contributed by atoms with Crippen molar-refractivity contribution in [3.63, 3.8) is 0 Å². The lowest BCUT2D eigenvalue weighted by Crippen LogP contribution is -1.96. The van der Waals surface area contributed by atoms with Gasteiger partial charge >= 0.3 is 0 Å². The van der Waals surface area contributed by atoms with Crippen LogP contribution in [0.3, 0.4) is 0 Å². The van der Waals surface area contributed by atoms with Crippen molar-refractivity contribution >= 4 is 5.57 Å². The van der Waals surface area contributed by atoms with Crippen LogP contribution < -0.4 is 9.47 Å². The van der Waals surface area contributed by atoms with Crippen molar-refractivity contribution in [1.29, 1.82) is 0 Å². The zero-order valence-electron chi connectivity index (χ0n) is 15.5. The van der Waals surface area contributed by atoms with Gasteiger partial charge in [-0.3, -0.25) is 0 Å². The number of hydrogen-bond donors (Lipinski definition) is 1. The van der Waals surface area contributed by atoms with Gasteiger partial charge in [0.25, 0.3) is 0 Å². The molecule has 3 heteroatoms. The van der Waals surface area contributed by atoms with E-state index in [1.807, 2.05) is 36.4 Å². The van der Waals surface area contributed by atoms with Crippen LogP contribution in [0.15, 0.2) is 66.7 Å². The third-order valence-electron chi connectivity index (χ3n) is 5.04. The van der Waals surface area contributed by atoms with Crippen LogP contribution in [0.1, 0.15) is 16.7 Å². The second-order valence-corrected chi connectivity index (χ2v) is 6.69. The smallest absolute Gasteiger partial charge is 0.123 e. The average Bonchev–Trinajstić information content (AvgIpc) is 3.11. The van der Waals surface area contributed by atoms with E-state index in [1.165, 1.54) is 16.7 Å². The fourth-order valence-electron chi connectivity index (χ4n) is 3.76. The van der Waals surface area contributed by atoms with E-state index in [1.54, 1.807) is 20.3 Å². The maximum Gasteiger partial charge on any atom is 0.123 e. The van der Waals surface area contributed by atoms with Crippen LogP contribution in [-0.2, 0) is 12.8 Å². The number of benzene rings is 3. The first-order chi connectivity index (χ1) is 13.2. The Labute approximate surface area is 159 Å². The van der Waals surface area contributed by atoms with Crippen LogP contribution in [0.2, 0.25) is 0 Å². The van der Waals surface area contributed by atoms with Crippen LogP contribution >= 0.6 is 0 Å². The molecule has 0 radical (unpaired) electrons. The molecule has 1 aliphatic rings. The van der Waals surface area contributed by atoms with E-state index in [2.05, 4.69) is 24.3 Å². The number of methoxy groups -OCH3 is 2. The minimum atomic E-state index is 0.306. The van der Waals surface area contributed by atoms with Gasteiger partial charge in [-0.1, -0.05) is 42.5 Å². The van der Waals surface area contributed by atoms with Crippen LogP contribution in [0, 0.1) is 0 Å². The fraction of sp³-hybridized carbons (Fsp3) is 0.167. The standard InChI is InChI=1S/C24H22O3/c1-26-19-13-16(14-20(15-19)27-2)12-18-11-10-17-6-5-8-22(24(17)18)21-7-3-4-9-23(21)25/h3-9,11,13-15,25H,10,12H2,1-2H3. The van der Waals surface area contributed by atoms with E-state index in [0.29, 0.717) is 5.75 Å². The van der Waals surface area contributed by atoms with Crippen molar-refractivity contribution in [2.45, 2.75) is 12.8 Å². The second-order valence-electron chi connectivity index (χ2n) is 6.69. The Morgan fingerprint density at radius 1 is 0.852 bits per heavy atom. The second kappa shape index (κ2) is 7.20. The van der Waals surface area contributed by atoms with Crippen molar-refractivity contribution in [2.24, 2.45) is 0 Å². The number of phenols is 1. The third kappa shape index (κ3) is 3.28. The van der Waals surface area contributed by atoms with Crippen molar-refractivity contribution in [1.82, 2.24) is 0 Å². The average molecular weight is 358 g/mol. The number of aromatic hydroxyl groups is 1. The first kappa shape index (κ1) is 17.2. The molecule has 27 heavy (non-hydrogen) atoms. The van der Waals surface area contributed by atoms with Gasteiger partial charge in [0.2, 0.25) is 0 Å². The molecule has 0 bridgehead atoms. The summed E-state index contributed by atoms with van der Waals surface area (Å²) in [5, 5.41) is 10.4. The van der Waals surface area contributed by atoms with Gasteiger partial charge in [-0.25, -0.2) is 0 Å². The highest BCUT2D eigenvalue weighted by Gasteiger charge is 2.20. The molecule has 4 rings (SSSR count). The molecule has 0 aromatic heterocycles. The van der Waals surface area contributed by atoms with E-state index >= 15 is 0 Å². The van der Waals surface area contributed by atoms with Crippen molar-refractivity contribution in [3.05, 3.63) is 83.4 Å². The highest BCUT2D eigenvalue weighted by Crippen LogP contribution is 2.41. The van der Waals surface area contributed by atoms with E-state index in [0.717, 1.165) is 41.0 Å². The maximum absolute atomic E-state index is 10.4. The Bertz CT molecular complexity index is 996. The molecule has 0 fully saturated rings. The minimum Gasteiger partial charge on any atom is -0.507 e. The van der Waals surface area contributed by atoms with Gasteiger partial charge in [-0.2, -0.15) is 0 Å². The zero-order valence-corrected chi connectivity index (χ0v) is 15.5. The molecule has 0 saturated heterocycles. The lowest BCUT2D eigenvalue weighted by molar-refractivity contribution is 0.393. The summed E-state index contributed by atoms with van der Waals surface area (Å²) in [6, 6.07) is 19.8. The van der Waals surface area contributed by atoms with Gasteiger partial charge in [0.15, 0.2) is 0 Å². The fourth-order valence-corrected chi connectivity index (χ4v) is 3.76. The Balaban J connectivity index is 1.75. The first-order valence-electron chi connectivity index (χ1n) is 9.01. The quantitative estimate of drug-likeness (QED) is 0.676. The number of fused-ring (bicyclic) bond motifs is 1. The summed E-state index contributed by atoms with van der Waals surface area (Å²) in [4.78, 5) is 0. The predicted octanol–water partition coefficient (Wildman–Crippen LogP) is 5.26. The molecule has 3 aromatic carbocycles. The Kier molecular flexibility index (Phi) is 4.59. The lowest BCUT2D eigenvalue weighted by atomic mass is 9.90. The van der Waals surface area contributed by atoms with Gasteiger partial charge in [0.1, 0.15) is 17.2 Å². The molecule has 0 saturated carbocycles. The highest BCUT2D eigenvalue weighted by atomic mass is 16.5. The molecule has 0 amide bonds. The molecule has 3 nitrogen and oxygen atoms in total. The van der Waals surface area contributed by atoms with E-state index < -0.39 is 0 Å². The van der Waals surface area contributed by atoms with E-state index in [-0.39, 0.29) is 0 Å². The monoisotopic (exact) mass is 358 g/mol. The van der Waals surface area contributed by atoms with Crippen LogP contribution in [-0.4, -0.2) is 19.3 Å². The van der Waals surface area contributed by atoms with Crippen LogP contribution in [0.25, 0.3) is 16.7 Å². The predicted molar refractivity (Wildman–Crippen MR) is 108 cm³/mol. The summed E-state index contributed by atoms with van der Waals surface area (Å²) >= 11 is 0. The third-order valence-corrected chi connectivity index (χ3v) is 5.04. The van der Waals surface area contributed by atoms with Crippen molar-refractivity contribution in [3.8, 4) is 28.4 Å². The van der Waals surface area contributed by atoms with Gasteiger partial charge in [0, 0.05) is 11.6 Å². The van der Waals surface area contributed by atoms with Gasteiger partial charge in [-0.15, -0.1) is 0 Å². The number of ether oxygens (including phenoxy) is 2. The molecule has 0 atom stereocenters. The summed E-state index contributed by atoms with van der Waals surface area (Å²) < 4.78 is 10.8. The topological polar surface area (TPSA) is 38.7 Å². The van der Waals surface area contributed by atoms with E-state index in [9.17, 15) is 5.11 Å². The Hall–Kier alpha value is -3.20. The molecular weight excluding hydrogens is 336 g/mol. The molecule has 0 heterocycles. The molecular formula is C24H22O3. The summed E-state index contributed by atoms with van der Waals surface area (Å²) in [6.45, 7) is 0. The van der Waals surface area contributed by atoms with E-state index in [4.69, 9.17) is 9.47 Å². The molecule has 0 spiro atoms. The van der Waals surface area contributed by atoms with Crippen molar-refractivity contribution in [2.75, 3.05) is 14.2 Å². The van der Waals surface area contributed by atoms with Crippen LogP contribution in [0.5, 0.6) is 17.2 Å². The van der Waals surface area contributed by atoms with Crippen LogP contribution in [0.4, 0.5) is 0 Å². The molecule has 1 N–H and O–H groups in total. The molecule has 3 aromatic rings. The SMILES string of the molecule is COc1cc(CC2=CCc3cccc(-c4ccccc4O)c32)cc(OC)c1. The van der Waals surface area contributed by atoms with Gasteiger partial charge in [0.05, 0.1) is 14.2 Å². The summed E-state index contributed by atoms with van der Waals surface area (Å²) in [5.41, 5.74) is 6.85. The van der Waals surface area contributed by atoms with Gasteiger partial charge < -0.3 is 14.6 Å². The number of allylic oxidation sites excluding steroid dienone is 2. The maximum atomic E-state index is 10.4.